The van der Waals surface area contributed by atoms with Crippen LogP contribution in [0, 0.1) is 0 Å². The molecule has 14 heavy (non-hydrogen) atoms. The summed E-state index contributed by atoms with van der Waals surface area (Å²) in [5, 5.41) is 0.448. The number of anilines is 1. The van der Waals surface area contributed by atoms with Crippen LogP contribution >= 0.6 is 11.6 Å². The molecule has 0 amide bonds. The van der Waals surface area contributed by atoms with E-state index in [4.69, 9.17) is 22.1 Å². The molecule has 1 aromatic heterocycles. The number of nitrogens with zero attached hydrogens (tertiary/aromatic N) is 2. The minimum Gasteiger partial charge on any atom is -0.475 e. The summed E-state index contributed by atoms with van der Waals surface area (Å²) >= 11 is 5.86. The Labute approximate surface area is 88.6 Å². The number of pyridine rings is 1. The van der Waals surface area contributed by atoms with Gasteiger partial charge in [-0.2, -0.15) is 0 Å². The molecule has 2 N–H and O–H groups in total. The van der Waals surface area contributed by atoms with Crippen LogP contribution in [0.5, 0.6) is 5.88 Å². The Morgan fingerprint density at radius 1 is 1.57 bits per heavy atom. The average molecular weight is 216 g/mol. The summed E-state index contributed by atoms with van der Waals surface area (Å²) in [4.78, 5) is 6.00. The van der Waals surface area contributed by atoms with Crippen LogP contribution in [0.25, 0.3) is 0 Å². The summed E-state index contributed by atoms with van der Waals surface area (Å²) in [5.74, 6) is 0.433. The third-order valence-electron chi connectivity index (χ3n) is 1.61. The van der Waals surface area contributed by atoms with Gasteiger partial charge in [-0.3, -0.25) is 0 Å². The third kappa shape index (κ3) is 3.40. The van der Waals surface area contributed by atoms with Crippen LogP contribution in [0.15, 0.2) is 12.3 Å². The summed E-state index contributed by atoms with van der Waals surface area (Å²) in [6.45, 7) is 1.38. The highest BCUT2D eigenvalue weighted by molar-refractivity contribution is 6.32. The molecular weight excluding hydrogens is 202 g/mol. The summed E-state index contributed by atoms with van der Waals surface area (Å²) in [6.07, 6.45) is 1.52. The monoisotopic (exact) mass is 215 g/mol. The van der Waals surface area contributed by atoms with Crippen LogP contribution in [-0.2, 0) is 0 Å². The second kappa shape index (κ2) is 5.02. The molecule has 0 aliphatic carbocycles. The molecule has 0 bridgehead atoms. The van der Waals surface area contributed by atoms with Gasteiger partial charge in [-0.1, -0.05) is 11.6 Å². The maximum absolute atomic E-state index is 5.86. The van der Waals surface area contributed by atoms with E-state index in [0.717, 1.165) is 6.54 Å². The zero-order valence-corrected chi connectivity index (χ0v) is 9.08. The first kappa shape index (κ1) is 11.1. The minimum absolute atomic E-state index is 0.433. The van der Waals surface area contributed by atoms with Crippen LogP contribution in [0.3, 0.4) is 0 Å². The van der Waals surface area contributed by atoms with Crippen molar-refractivity contribution in [1.29, 1.82) is 0 Å². The van der Waals surface area contributed by atoms with E-state index in [0.29, 0.717) is 23.2 Å². The SMILES string of the molecule is CN(C)CCOc1ncc(N)cc1Cl. The van der Waals surface area contributed by atoms with Crippen LogP contribution in [0.1, 0.15) is 0 Å². The van der Waals surface area contributed by atoms with Crippen molar-refractivity contribution in [2.45, 2.75) is 0 Å². The number of nitrogens with two attached hydrogens (primary N) is 1. The Morgan fingerprint density at radius 2 is 2.29 bits per heavy atom. The molecule has 0 saturated carbocycles. The van der Waals surface area contributed by atoms with Crippen molar-refractivity contribution in [2.75, 3.05) is 33.0 Å². The number of likely N-dealkylation sites (N-methyl/N-ethyl adjacent to an activating group) is 1. The molecule has 4 nitrogen and oxygen atoms in total. The maximum Gasteiger partial charge on any atom is 0.232 e. The van der Waals surface area contributed by atoms with Crippen molar-refractivity contribution in [1.82, 2.24) is 9.88 Å². The molecule has 1 aromatic rings. The molecule has 0 atom stereocenters. The van der Waals surface area contributed by atoms with E-state index < -0.39 is 0 Å². The molecule has 78 valence electrons. The molecule has 0 spiro atoms. The second-order valence-electron chi connectivity index (χ2n) is 3.21. The van der Waals surface area contributed by atoms with E-state index in [1.807, 2.05) is 19.0 Å². The maximum atomic E-state index is 5.86. The molecule has 0 unspecified atom stereocenters. The summed E-state index contributed by atoms with van der Waals surface area (Å²) in [6, 6.07) is 1.62. The number of aromatic nitrogens is 1. The van der Waals surface area contributed by atoms with Crippen molar-refractivity contribution in [3.8, 4) is 5.88 Å². The van der Waals surface area contributed by atoms with Gasteiger partial charge in [0.05, 0.1) is 11.9 Å². The van der Waals surface area contributed by atoms with Crippen LogP contribution in [0.2, 0.25) is 5.02 Å². The first-order valence-corrected chi connectivity index (χ1v) is 4.66. The Hall–Kier alpha value is -1.00. The predicted octanol–water partition coefficient (Wildman–Crippen LogP) is 1.26. The van der Waals surface area contributed by atoms with E-state index in [1.165, 1.54) is 6.20 Å². The van der Waals surface area contributed by atoms with Gasteiger partial charge in [-0.05, 0) is 20.2 Å². The number of ether oxygens (including phenoxy) is 1. The van der Waals surface area contributed by atoms with E-state index in [2.05, 4.69) is 4.98 Å². The highest BCUT2D eigenvalue weighted by Crippen LogP contribution is 2.22. The number of hydrogen-bond acceptors (Lipinski definition) is 4. The molecule has 0 aromatic carbocycles. The van der Waals surface area contributed by atoms with Gasteiger partial charge in [0.15, 0.2) is 0 Å². The van der Waals surface area contributed by atoms with Crippen LogP contribution < -0.4 is 10.5 Å². The number of nitrogen functional groups attached to an aromatic ring is 1. The summed E-state index contributed by atoms with van der Waals surface area (Å²) in [5.41, 5.74) is 6.03. The molecule has 0 aliphatic heterocycles. The Morgan fingerprint density at radius 3 is 2.86 bits per heavy atom. The molecule has 5 heteroatoms. The highest BCUT2D eigenvalue weighted by atomic mass is 35.5. The molecule has 1 heterocycles. The Bertz CT molecular complexity index is 304. The zero-order valence-electron chi connectivity index (χ0n) is 8.33. The fourth-order valence-electron chi connectivity index (χ4n) is 0.871. The van der Waals surface area contributed by atoms with Crippen molar-refractivity contribution >= 4 is 17.3 Å². The zero-order chi connectivity index (χ0) is 10.6. The highest BCUT2D eigenvalue weighted by Gasteiger charge is 2.03. The molecule has 0 radical (unpaired) electrons. The fourth-order valence-corrected chi connectivity index (χ4v) is 1.10. The lowest BCUT2D eigenvalue weighted by molar-refractivity contribution is 0.254. The topological polar surface area (TPSA) is 51.4 Å². The first-order valence-electron chi connectivity index (χ1n) is 4.28. The Balaban J connectivity index is 2.51. The van der Waals surface area contributed by atoms with Crippen molar-refractivity contribution < 1.29 is 4.74 Å². The Kier molecular flexibility index (Phi) is 3.98. The lowest BCUT2D eigenvalue weighted by Crippen LogP contribution is -2.19. The second-order valence-corrected chi connectivity index (χ2v) is 3.61. The van der Waals surface area contributed by atoms with Gasteiger partial charge >= 0.3 is 0 Å². The largest absolute Gasteiger partial charge is 0.475 e. The quantitative estimate of drug-likeness (QED) is 0.822. The minimum atomic E-state index is 0.433. The van der Waals surface area contributed by atoms with Gasteiger partial charge in [0.25, 0.3) is 0 Å². The van der Waals surface area contributed by atoms with Crippen LogP contribution in [-0.4, -0.2) is 37.1 Å². The third-order valence-corrected chi connectivity index (χ3v) is 1.88. The van der Waals surface area contributed by atoms with Gasteiger partial charge in [-0.15, -0.1) is 0 Å². The van der Waals surface area contributed by atoms with Gasteiger partial charge < -0.3 is 15.4 Å². The summed E-state index contributed by atoms with van der Waals surface area (Å²) < 4.78 is 5.36. The van der Waals surface area contributed by atoms with E-state index in [9.17, 15) is 0 Å². The lowest BCUT2D eigenvalue weighted by Gasteiger charge is -2.11. The molecule has 1 rings (SSSR count). The lowest BCUT2D eigenvalue weighted by atomic mass is 10.4. The van der Waals surface area contributed by atoms with E-state index in [1.54, 1.807) is 6.07 Å². The predicted molar refractivity (Wildman–Crippen MR) is 57.7 cm³/mol. The number of hydrogen-bond donors (Lipinski definition) is 1. The first-order chi connectivity index (χ1) is 6.59. The average Bonchev–Trinajstić information content (AvgIpc) is 2.08. The van der Waals surface area contributed by atoms with E-state index >= 15 is 0 Å². The molecule has 0 saturated heterocycles. The normalized spacial score (nSPS) is 10.6. The summed E-state index contributed by atoms with van der Waals surface area (Å²) in [7, 11) is 3.95. The standard InChI is InChI=1S/C9H14ClN3O/c1-13(2)3-4-14-9-8(10)5-7(11)6-12-9/h5-6H,3-4,11H2,1-2H3. The van der Waals surface area contributed by atoms with Crippen molar-refractivity contribution in [2.24, 2.45) is 0 Å². The van der Waals surface area contributed by atoms with Crippen molar-refractivity contribution in [3.63, 3.8) is 0 Å². The molecule has 0 aliphatic rings. The molecular formula is C9H14ClN3O. The van der Waals surface area contributed by atoms with Gasteiger partial charge in [0, 0.05) is 6.54 Å². The smallest absolute Gasteiger partial charge is 0.232 e. The van der Waals surface area contributed by atoms with Crippen LogP contribution in [0.4, 0.5) is 5.69 Å². The number of rotatable bonds is 4. The van der Waals surface area contributed by atoms with Gasteiger partial charge in [0.1, 0.15) is 11.6 Å². The van der Waals surface area contributed by atoms with E-state index in [-0.39, 0.29) is 0 Å². The van der Waals surface area contributed by atoms with Crippen molar-refractivity contribution in [3.05, 3.63) is 17.3 Å². The molecule has 0 fully saturated rings. The van der Waals surface area contributed by atoms with Gasteiger partial charge in [-0.25, -0.2) is 4.98 Å². The fraction of sp³-hybridized carbons (Fsp3) is 0.444. The number of halogens is 1. The van der Waals surface area contributed by atoms with Gasteiger partial charge in [0.2, 0.25) is 5.88 Å².